The Morgan fingerprint density at radius 2 is 2.04 bits per heavy atom. The average molecular weight is 350 g/mol. The van der Waals surface area contributed by atoms with E-state index in [2.05, 4.69) is 48.7 Å². The van der Waals surface area contributed by atoms with Gasteiger partial charge < -0.3 is 10.1 Å². The average Bonchev–Trinajstić information content (AvgIpc) is 3.16. The maximum Gasteiger partial charge on any atom is 0.273 e. The zero-order valence-electron chi connectivity index (χ0n) is 14.9. The predicted octanol–water partition coefficient (Wildman–Crippen LogP) is 4.99. The van der Waals surface area contributed by atoms with Gasteiger partial charge in [-0.15, -0.1) is 0 Å². The number of nitrogens with zero attached hydrogens (tertiary/aromatic N) is 1. The van der Waals surface area contributed by atoms with Crippen LogP contribution in [0.1, 0.15) is 42.0 Å². The Morgan fingerprint density at radius 3 is 2.69 bits per heavy atom. The van der Waals surface area contributed by atoms with Crippen LogP contribution in [0.5, 0.6) is 5.75 Å². The smallest absolute Gasteiger partial charge is 0.273 e. The minimum Gasteiger partial charge on any atom is -0.494 e. The molecule has 2 aromatic rings. The standard InChI is InChI=1S/C21H22N2O3/c1-3-13-7-9-14(10-8-13)20-17-6-4-5-16(17)18-11-15(23(24)25)12-19(26-2)21(18)22-20/h4-5,7-12,16-17,20,22H,3,6H2,1-2H3/t16-,17-,20-/m0/s1. The lowest BCUT2D eigenvalue weighted by molar-refractivity contribution is -0.385. The SMILES string of the molecule is CCc1ccc([C@@H]2Nc3c(OC)cc([N+](=O)[O-])cc3[C@H]3C=CC[C@@H]32)cc1. The molecule has 0 unspecified atom stereocenters. The van der Waals surface area contributed by atoms with E-state index in [4.69, 9.17) is 4.74 Å². The number of ether oxygens (including phenoxy) is 1. The van der Waals surface area contributed by atoms with Crippen LogP contribution < -0.4 is 10.1 Å². The van der Waals surface area contributed by atoms with E-state index >= 15 is 0 Å². The quantitative estimate of drug-likeness (QED) is 0.479. The van der Waals surface area contributed by atoms with Crippen LogP contribution >= 0.6 is 0 Å². The molecule has 0 bridgehead atoms. The minimum absolute atomic E-state index is 0.0761. The second kappa shape index (κ2) is 6.48. The van der Waals surface area contributed by atoms with E-state index in [1.165, 1.54) is 17.2 Å². The van der Waals surface area contributed by atoms with Gasteiger partial charge in [-0.2, -0.15) is 0 Å². The Labute approximate surface area is 152 Å². The first-order chi connectivity index (χ1) is 12.6. The zero-order chi connectivity index (χ0) is 18.3. The number of anilines is 1. The Bertz CT molecular complexity index is 874. The number of nitro benzene ring substituents is 1. The molecule has 1 aliphatic carbocycles. The summed E-state index contributed by atoms with van der Waals surface area (Å²) in [5, 5.41) is 14.9. The normalized spacial score (nSPS) is 23.1. The molecular formula is C21H22N2O3. The number of benzene rings is 2. The van der Waals surface area contributed by atoms with Gasteiger partial charge in [0.15, 0.2) is 0 Å². The molecule has 0 radical (unpaired) electrons. The Kier molecular flexibility index (Phi) is 4.15. The highest BCUT2D eigenvalue weighted by Crippen LogP contribution is 2.53. The van der Waals surface area contributed by atoms with E-state index < -0.39 is 0 Å². The van der Waals surface area contributed by atoms with Crippen LogP contribution in [-0.2, 0) is 6.42 Å². The molecule has 134 valence electrons. The van der Waals surface area contributed by atoms with Gasteiger partial charge in [0.2, 0.25) is 0 Å². The van der Waals surface area contributed by atoms with Gasteiger partial charge in [0.1, 0.15) is 5.75 Å². The predicted molar refractivity (Wildman–Crippen MR) is 102 cm³/mol. The molecule has 4 rings (SSSR count). The Balaban J connectivity index is 1.80. The van der Waals surface area contributed by atoms with Crippen LogP contribution in [0.15, 0.2) is 48.6 Å². The van der Waals surface area contributed by atoms with Crippen LogP contribution in [0, 0.1) is 16.0 Å². The molecule has 1 N–H and O–H groups in total. The van der Waals surface area contributed by atoms with Crippen LogP contribution in [0.3, 0.4) is 0 Å². The molecule has 1 heterocycles. The molecule has 0 amide bonds. The fourth-order valence-corrected chi connectivity index (χ4v) is 4.21. The first kappa shape index (κ1) is 16.6. The number of aryl methyl sites for hydroxylation is 1. The summed E-state index contributed by atoms with van der Waals surface area (Å²) in [6, 6.07) is 12.1. The maximum atomic E-state index is 11.3. The summed E-state index contributed by atoms with van der Waals surface area (Å²) in [6.07, 6.45) is 6.35. The second-order valence-electron chi connectivity index (χ2n) is 6.94. The molecule has 2 aliphatic rings. The zero-order valence-corrected chi connectivity index (χ0v) is 14.9. The summed E-state index contributed by atoms with van der Waals surface area (Å²) in [7, 11) is 1.56. The number of hydrogen-bond acceptors (Lipinski definition) is 4. The van der Waals surface area contributed by atoms with Crippen molar-refractivity contribution in [1.29, 1.82) is 0 Å². The number of nitrogens with one attached hydrogen (secondary N) is 1. The number of nitro groups is 1. The Morgan fingerprint density at radius 1 is 1.27 bits per heavy atom. The molecular weight excluding hydrogens is 328 g/mol. The number of fused-ring (bicyclic) bond motifs is 3. The van der Waals surface area contributed by atoms with E-state index in [0.29, 0.717) is 11.7 Å². The third kappa shape index (κ3) is 2.64. The van der Waals surface area contributed by atoms with Gasteiger partial charge in [-0.1, -0.05) is 43.3 Å². The van der Waals surface area contributed by atoms with E-state index in [-0.39, 0.29) is 22.6 Å². The molecule has 2 aromatic carbocycles. The number of methoxy groups -OCH3 is 1. The van der Waals surface area contributed by atoms with Gasteiger partial charge in [-0.25, -0.2) is 0 Å². The molecule has 0 saturated heterocycles. The lowest BCUT2D eigenvalue weighted by Crippen LogP contribution is -2.29. The topological polar surface area (TPSA) is 64.4 Å². The fourth-order valence-electron chi connectivity index (χ4n) is 4.21. The summed E-state index contributed by atoms with van der Waals surface area (Å²) in [4.78, 5) is 10.9. The molecule has 0 aromatic heterocycles. The molecule has 0 spiro atoms. The lowest BCUT2D eigenvalue weighted by atomic mass is 9.76. The van der Waals surface area contributed by atoms with E-state index in [0.717, 1.165) is 24.1 Å². The van der Waals surface area contributed by atoms with Crippen molar-refractivity contribution in [3.63, 3.8) is 0 Å². The largest absolute Gasteiger partial charge is 0.494 e. The molecule has 26 heavy (non-hydrogen) atoms. The molecule has 0 saturated carbocycles. The van der Waals surface area contributed by atoms with Crippen molar-refractivity contribution in [2.45, 2.75) is 31.7 Å². The highest BCUT2D eigenvalue weighted by atomic mass is 16.6. The molecule has 3 atom stereocenters. The van der Waals surface area contributed by atoms with Gasteiger partial charge in [-0.05, 0) is 35.4 Å². The van der Waals surface area contributed by atoms with Crippen molar-refractivity contribution in [2.75, 3.05) is 12.4 Å². The highest BCUT2D eigenvalue weighted by molar-refractivity contribution is 5.71. The fraction of sp³-hybridized carbons (Fsp3) is 0.333. The van der Waals surface area contributed by atoms with E-state index in [1.807, 2.05) is 0 Å². The number of allylic oxidation sites excluding steroid dienone is 2. The van der Waals surface area contributed by atoms with Crippen LogP contribution in [0.2, 0.25) is 0 Å². The van der Waals surface area contributed by atoms with Crippen LogP contribution in [-0.4, -0.2) is 12.0 Å². The number of rotatable bonds is 4. The van der Waals surface area contributed by atoms with Gasteiger partial charge in [0, 0.05) is 12.0 Å². The molecule has 1 aliphatic heterocycles. The van der Waals surface area contributed by atoms with Crippen molar-refractivity contribution >= 4 is 11.4 Å². The number of non-ortho nitro benzene ring substituents is 1. The van der Waals surface area contributed by atoms with E-state index in [1.54, 1.807) is 13.2 Å². The maximum absolute atomic E-state index is 11.3. The van der Waals surface area contributed by atoms with E-state index in [9.17, 15) is 10.1 Å². The second-order valence-corrected chi connectivity index (χ2v) is 6.94. The third-order valence-electron chi connectivity index (χ3n) is 5.60. The van der Waals surface area contributed by atoms with Crippen molar-refractivity contribution < 1.29 is 9.66 Å². The van der Waals surface area contributed by atoms with Gasteiger partial charge >= 0.3 is 0 Å². The summed E-state index contributed by atoms with van der Waals surface area (Å²) >= 11 is 0. The van der Waals surface area contributed by atoms with Crippen molar-refractivity contribution in [3.05, 3.63) is 75.4 Å². The van der Waals surface area contributed by atoms with Crippen LogP contribution in [0.4, 0.5) is 11.4 Å². The van der Waals surface area contributed by atoms with Gasteiger partial charge in [-0.3, -0.25) is 10.1 Å². The molecule has 0 fully saturated rings. The van der Waals surface area contributed by atoms with Crippen molar-refractivity contribution in [1.82, 2.24) is 0 Å². The first-order valence-electron chi connectivity index (χ1n) is 9.00. The summed E-state index contributed by atoms with van der Waals surface area (Å²) < 4.78 is 5.48. The summed E-state index contributed by atoms with van der Waals surface area (Å²) in [6.45, 7) is 2.15. The van der Waals surface area contributed by atoms with Crippen molar-refractivity contribution in [2.24, 2.45) is 5.92 Å². The number of hydrogen-bond donors (Lipinski definition) is 1. The summed E-state index contributed by atoms with van der Waals surface area (Å²) in [5.74, 6) is 1.04. The third-order valence-corrected chi connectivity index (χ3v) is 5.60. The highest BCUT2D eigenvalue weighted by Gasteiger charge is 2.40. The van der Waals surface area contributed by atoms with Gasteiger partial charge in [0.25, 0.3) is 5.69 Å². The summed E-state index contributed by atoms with van der Waals surface area (Å²) in [5.41, 5.74) is 4.46. The van der Waals surface area contributed by atoms with Gasteiger partial charge in [0.05, 0.1) is 29.8 Å². The molecule has 5 nitrogen and oxygen atoms in total. The van der Waals surface area contributed by atoms with Crippen LogP contribution in [0.25, 0.3) is 0 Å². The Hall–Kier alpha value is -2.82. The lowest BCUT2D eigenvalue weighted by Gasteiger charge is -2.38. The monoisotopic (exact) mass is 350 g/mol. The minimum atomic E-state index is -0.355. The first-order valence-corrected chi connectivity index (χ1v) is 9.00. The van der Waals surface area contributed by atoms with Crippen molar-refractivity contribution in [3.8, 4) is 5.75 Å². The molecule has 5 heteroatoms.